The SMILES string of the molecule is CCCCc1cc(CCC)nc(NN=C(C)c2ccccc2)n1. The molecule has 0 amide bonds. The molecule has 0 spiro atoms. The molecular weight excluding hydrogens is 284 g/mol. The maximum absolute atomic E-state index is 4.59. The molecule has 0 bridgehead atoms. The number of nitrogens with zero attached hydrogens (tertiary/aromatic N) is 3. The average Bonchev–Trinajstić information content (AvgIpc) is 2.59. The van der Waals surface area contributed by atoms with E-state index in [1.54, 1.807) is 0 Å². The van der Waals surface area contributed by atoms with Gasteiger partial charge in [-0.25, -0.2) is 15.4 Å². The van der Waals surface area contributed by atoms with E-state index in [9.17, 15) is 0 Å². The molecule has 23 heavy (non-hydrogen) atoms. The summed E-state index contributed by atoms with van der Waals surface area (Å²) in [4.78, 5) is 9.16. The predicted molar refractivity (Wildman–Crippen MR) is 96.9 cm³/mol. The van der Waals surface area contributed by atoms with Crippen molar-refractivity contribution in [2.45, 2.75) is 52.9 Å². The number of nitrogens with one attached hydrogen (secondary N) is 1. The Morgan fingerprint density at radius 2 is 1.70 bits per heavy atom. The zero-order chi connectivity index (χ0) is 16.5. The Hall–Kier alpha value is -2.23. The number of hydrazone groups is 1. The molecule has 0 aliphatic carbocycles. The van der Waals surface area contributed by atoms with E-state index in [4.69, 9.17) is 0 Å². The van der Waals surface area contributed by atoms with Crippen LogP contribution in [0.3, 0.4) is 0 Å². The van der Waals surface area contributed by atoms with E-state index in [-0.39, 0.29) is 0 Å². The summed E-state index contributed by atoms with van der Waals surface area (Å²) in [6.07, 6.45) is 5.36. The lowest BCUT2D eigenvalue weighted by atomic mass is 10.1. The van der Waals surface area contributed by atoms with Crippen molar-refractivity contribution in [3.05, 3.63) is 53.3 Å². The van der Waals surface area contributed by atoms with Gasteiger partial charge in [0.05, 0.1) is 5.71 Å². The number of anilines is 1. The molecule has 0 aliphatic heterocycles. The molecule has 0 atom stereocenters. The minimum atomic E-state index is 0.595. The van der Waals surface area contributed by atoms with Crippen molar-refractivity contribution in [1.82, 2.24) is 9.97 Å². The Morgan fingerprint density at radius 1 is 1.00 bits per heavy atom. The molecule has 1 heterocycles. The first-order valence-corrected chi connectivity index (χ1v) is 8.45. The maximum Gasteiger partial charge on any atom is 0.243 e. The van der Waals surface area contributed by atoms with Crippen LogP contribution < -0.4 is 5.43 Å². The molecule has 1 N–H and O–H groups in total. The fourth-order valence-corrected chi connectivity index (χ4v) is 2.35. The Balaban J connectivity index is 2.15. The second-order valence-corrected chi connectivity index (χ2v) is 5.70. The Labute approximate surface area is 139 Å². The summed E-state index contributed by atoms with van der Waals surface area (Å²) in [6.45, 7) is 6.34. The molecule has 4 heteroatoms. The Bertz CT molecular complexity index is 635. The van der Waals surface area contributed by atoms with Gasteiger partial charge in [0.15, 0.2) is 0 Å². The van der Waals surface area contributed by atoms with Crippen LogP contribution in [0.4, 0.5) is 5.95 Å². The number of aromatic nitrogens is 2. The summed E-state index contributed by atoms with van der Waals surface area (Å²) in [5.41, 5.74) is 7.22. The Kier molecular flexibility index (Phi) is 6.73. The summed E-state index contributed by atoms with van der Waals surface area (Å²) in [6, 6.07) is 12.2. The van der Waals surface area contributed by atoms with Crippen LogP contribution in [0.1, 0.15) is 57.0 Å². The molecule has 0 unspecified atom stereocenters. The number of hydrogen-bond acceptors (Lipinski definition) is 4. The third-order valence-electron chi connectivity index (χ3n) is 3.64. The highest BCUT2D eigenvalue weighted by Crippen LogP contribution is 2.11. The van der Waals surface area contributed by atoms with Gasteiger partial charge in [-0.15, -0.1) is 0 Å². The van der Waals surface area contributed by atoms with Gasteiger partial charge in [0.1, 0.15) is 0 Å². The summed E-state index contributed by atoms with van der Waals surface area (Å²) in [5, 5.41) is 4.43. The second-order valence-electron chi connectivity index (χ2n) is 5.70. The van der Waals surface area contributed by atoms with Crippen LogP contribution in [0.15, 0.2) is 41.5 Å². The van der Waals surface area contributed by atoms with Gasteiger partial charge in [-0.1, -0.05) is 57.0 Å². The first-order chi connectivity index (χ1) is 11.2. The zero-order valence-electron chi connectivity index (χ0n) is 14.3. The summed E-state index contributed by atoms with van der Waals surface area (Å²) in [5.74, 6) is 0.595. The van der Waals surface area contributed by atoms with Gasteiger partial charge in [0.2, 0.25) is 5.95 Å². The number of rotatable bonds is 8. The van der Waals surface area contributed by atoms with E-state index in [1.807, 2.05) is 37.3 Å². The van der Waals surface area contributed by atoms with Crippen molar-refractivity contribution < 1.29 is 0 Å². The molecule has 0 radical (unpaired) electrons. The van der Waals surface area contributed by atoms with E-state index in [0.29, 0.717) is 5.95 Å². The van der Waals surface area contributed by atoms with Crippen molar-refractivity contribution >= 4 is 11.7 Å². The van der Waals surface area contributed by atoms with Crippen LogP contribution in [-0.4, -0.2) is 15.7 Å². The fraction of sp³-hybridized carbons (Fsp3) is 0.421. The van der Waals surface area contributed by atoms with Crippen LogP contribution >= 0.6 is 0 Å². The number of benzene rings is 1. The molecule has 1 aromatic carbocycles. The van der Waals surface area contributed by atoms with Crippen molar-refractivity contribution in [1.29, 1.82) is 0 Å². The molecule has 2 rings (SSSR count). The van der Waals surface area contributed by atoms with Crippen molar-refractivity contribution in [3.8, 4) is 0 Å². The monoisotopic (exact) mass is 310 g/mol. The van der Waals surface area contributed by atoms with Gasteiger partial charge in [-0.2, -0.15) is 5.10 Å². The lowest BCUT2D eigenvalue weighted by molar-refractivity contribution is 0.765. The van der Waals surface area contributed by atoms with Crippen LogP contribution in [0.5, 0.6) is 0 Å². The third-order valence-corrected chi connectivity index (χ3v) is 3.64. The highest BCUT2D eigenvalue weighted by Gasteiger charge is 2.04. The molecule has 122 valence electrons. The highest BCUT2D eigenvalue weighted by atomic mass is 15.4. The van der Waals surface area contributed by atoms with Gasteiger partial charge < -0.3 is 0 Å². The van der Waals surface area contributed by atoms with Gasteiger partial charge in [-0.05, 0) is 37.8 Å². The molecule has 1 aromatic heterocycles. The van der Waals surface area contributed by atoms with E-state index in [2.05, 4.69) is 40.4 Å². The molecule has 0 saturated carbocycles. The predicted octanol–water partition coefficient (Wildman–Crippen LogP) is 4.61. The Morgan fingerprint density at radius 3 is 2.35 bits per heavy atom. The summed E-state index contributed by atoms with van der Waals surface area (Å²) in [7, 11) is 0. The maximum atomic E-state index is 4.59. The molecule has 0 aliphatic rings. The summed E-state index contributed by atoms with van der Waals surface area (Å²) >= 11 is 0. The standard InChI is InChI=1S/C19H26N4/c1-4-6-13-18-14-17(10-5-2)20-19(21-18)23-22-15(3)16-11-8-7-9-12-16/h7-9,11-12,14H,4-6,10,13H2,1-3H3,(H,20,21,23). The number of unbranched alkanes of at least 4 members (excludes halogenated alkanes) is 1. The lowest BCUT2D eigenvalue weighted by Crippen LogP contribution is -2.06. The smallest absolute Gasteiger partial charge is 0.243 e. The molecule has 0 saturated heterocycles. The fourth-order valence-electron chi connectivity index (χ4n) is 2.35. The molecule has 0 fully saturated rings. The average molecular weight is 310 g/mol. The van der Waals surface area contributed by atoms with E-state index < -0.39 is 0 Å². The topological polar surface area (TPSA) is 50.2 Å². The van der Waals surface area contributed by atoms with Gasteiger partial charge in [0, 0.05) is 11.4 Å². The molecule has 4 nitrogen and oxygen atoms in total. The minimum Gasteiger partial charge on any atom is -0.245 e. The number of aryl methyl sites for hydroxylation is 2. The van der Waals surface area contributed by atoms with Crippen molar-refractivity contribution in [2.24, 2.45) is 5.10 Å². The van der Waals surface area contributed by atoms with E-state index >= 15 is 0 Å². The largest absolute Gasteiger partial charge is 0.245 e. The van der Waals surface area contributed by atoms with Crippen molar-refractivity contribution in [2.75, 3.05) is 5.43 Å². The first-order valence-electron chi connectivity index (χ1n) is 8.45. The van der Waals surface area contributed by atoms with Crippen LogP contribution in [0.25, 0.3) is 0 Å². The lowest BCUT2D eigenvalue weighted by Gasteiger charge is -2.08. The van der Waals surface area contributed by atoms with Crippen LogP contribution in [-0.2, 0) is 12.8 Å². The van der Waals surface area contributed by atoms with Gasteiger partial charge >= 0.3 is 0 Å². The minimum absolute atomic E-state index is 0.595. The summed E-state index contributed by atoms with van der Waals surface area (Å²) < 4.78 is 0. The van der Waals surface area contributed by atoms with Crippen LogP contribution in [0.2, 0.25) is 0 Å². The quantitative estimate of drug-likeness (QED) is 0.572. The van der Waals surface area contributed by atoms with E-state index in [1.165, 1.54) is 6.42 Å². The molecule has 2 aromatic rings. The second kappa shape index (κ2) is 9.03. The highest BCUT2D eigenvalue weighted by molar-refractivity contribution is 5.98. The number of hydrogen-bond donors (Lipinski definition) is 1. The van der Waals surface area contributed by atoms with Crippen LogP contribution in [0, 0.1) is 0 Å². The van der Waals surface area contributed by atoms with Gasteiger partial charge in [0.25, 0.3) is 0 Å². The molecular formula is C19H26N4. The van der Waals surface area contributed by atoms with Gasteiger partial charge in [-0.3, -0.25) is 0 Å². The zero-order valence-corrected chi connectivity index (χ0v) is 14.3. The van der Waals surface area contributed by atoms with Crippen molar-refractivity contribution in [3.63, 3.8) is 0 Å². The third kappa shape index (κ3) is 5.47. The first kappa shape index (κ1) is 17.1. The normalized spacial score (nSPS) is 11.5. The van der Waals surface area contributed by atoms with E-state index in [0.717, 1.165) is 48.3 Å².